The fourth-order valence-corrected chi connectivity index (χ4v) is 17.6. The molecule has 11 nitrogen and oxygen atoms in total. The van der Waals surface area contributed by atoms with Gasteiger partial charge in [0.15, 0.2) is 34.9 Å². The summed E-state index contributed by atoms with van der Waals surface area (Å²) in [6, 6.07) is 134. The van der Waals surface area contributed by atoms with Crippen LogP contribution in [0, 0.1) is 0 Å². The first kappa shape index (κ1) is 70.5. The Hall–Kier alpha value is -15.4. The Bertz CT molecular complexity index is 7030. The second-order valence-corrected chi connectivity index (χ2v) is 30.9. The molecule has 552 valence electrons. The van der Waals surface area contributed by atoms with Gasteiger partial charge in [0.2, 0.25) is 0 Å². The van der Waals surface area contributed by atoms with Gasteiger partial charge in [-0.25, -0.2) is 49.8 Å². The lowest BCUT2D eigenvalue weighted by Gasteiger charge is -2.10. The van der Waals surface area contributed by atoms with E-state index in [0.717, 1.165) is 159 Å². The molecule has 0 saturated heterocycles. The van der Waals surface area contributed by atoms with Crippen molar-refractivity contribution in [3.05, 3.63) is 394 Å². The van der Waals surface area contributed by atoms with Crippen LogP contribution < -0.4 is 0 Å². The molecular weight excluding hydrogens is 1480 g/mol. The molecule has 0 saturated carbocycles. The minimum absolute atomic E-state index is 0.629. The Balaban J connectivity index is 0.000000147. The third-order valence-corrected chi connectivity index (χ3v) is 23.7. The maximum Gasteiger partial charge on any atom is 0.164 e. The van der Waals surface area contributed by atoms with Gasteiger partial charge in [0, 0.05) is 55.2 Å². The lowest BCUT2D eigenvalue weighted by Crippen LogP contribution is -2.00. The zero-order valence-corrected chi connectivity index (χ0v) is 64.9. The van der Waals surface area contributed by atoms with Gasteiger partial charge in [-0.15, -0.1) is 22.7 Å². The maximum atomic E-state index is 5.00. The van der Waals surface area contributed by atoms with Crippen molar-refractivity contribution in [2.75, 3.05) is 0 Å². The molecule has 0 unspecified atom stereocenters. The number of pyridine rings is 1. The lowest BCUT2D eigenvalue weighted by molar-refractivity contribution is 1.07. The van der Waals surface area contributed by atoms with Gasteiger partial charge in [-0.2, -0.15) is 0 Å². The number of fused-ring (bicyclic) bond motifs is 8. The van der Waals surface area contributed by atoms with Crippen molar-refractivity contribution in [1.29, 1.82) is 0 Å². The molecule has 7 aromatic heterocycles. The van der Waals surface area contributed by atoms with Gasteiger partial charge in [-0.05, 0) is 126 Å². The summed E-state index contributed by atoms with van der Waals surface area (Å²) < 4.78 is 2.30. The largest absolute Gasteiger partial charge is 0.253 e. The van der Waals surface area contributed by atoms with Crippen LogP contribution in [0.15, 0.2) is 394 Å². The average Bonchev–Trinajstić information content (AvgIpc) is 1.60. The molecule has 22 aromatic rings. The van der Waals surface area contributed by atoms with Gasteiger partial charge in [0.25, 0.3) is 0 Å². The van der Waals surface area contributed by atoms with E-state index in [-0.39, 0.29) is 0 Å². The molecule has 7 heterocycles. The van der Waals surface area contributed by atoms with Crippen molar-refractivity contribution in [1.82, 2.24) is 54.8 Å². The van der Waals surface area contributed by atoms with Crippen LogP contribution in [0.25, 0.3) is 220 Å². The minimum atomic E-state index is 0.629. The highest BCUT2D eigenvalue weighted by Gasteiger charge is 2.20. The van der Waals surface area contributed by atoms with Crippen LogP contribution in [-0.2, 0) is 0 Å². The van der Waals surface area contributed by atoms with Crippen molar-refractivity contribution in [3.8, 4) is 157 Å². The zero-order chi connectivity index (χ0) is 78.2. The molecule has 0 bridgehead atoms. The normalized spacial score (nSPS) is 11.4. The van der Waals surface area contributed by atoms with Crippen LogP contribution in [-0.4, -0.2) is 54.8 Å². The molecule has 0 N–H and O–H groups in total. The SMILES string of the molecule is c1ccc(-c2ccc(-c3nc(-c4ccccc4)nc(-c4ccc(-c5cccc(-c6ccc(-c7cccc8c7sc7nc9ccccc9nc78)cc6)c5)cc4)n3)cc2)cc1.c1ccc(-c2ccc(-c3nc(-c4ccccc4)nc(-c4ccc(-c5cccc(-c6ccc(-c7ccnc8c7sc7nc9ccccc9nc78)cc6)c5)cc4)n3)cc2)cc1. The number of para-hydroxylation sites is 4. The van der Waals surface area contributed by atoms with E-state index < -0.39 is 0 Å². The number of thiophene rings is 2. The lowest BCUT2D eigenvalue weighted by atomic mass is 9.96. The predicted octanol–water partition coefficient (Wildman–Crippen LogP) is 27.1. The van der Waals surface area contributed by atoms with Gasteiger partial charge < -0.3 is 0 Å². The Morgan fingerprint density at radius 3 is 0.788 bits per heavy atom. The smallest absolute Gasteiger partial charge is 0.164 e. The number of hydrogen-bond donors (Lipinski definition) is 0. The van der Waals surface area contributed by atoms with Crippen LogP contribution in [0.5, 0.6) is 0 Å². The fraction of sp³-hybridized carbons (Fsp3) is 0. The third-order valence-electron chi connectivity index (χ3n) is 21.4. The summed E-state index contributed by atoms with van der Waals surface area (Å²) in [7, 11) is 0. The van der Waals surface area contributed by atoms with Gasteiger partial charge in [-0.3, -0.25) is 4.98 Å². The van der Waals surface area contributed by atoms with E-state index in [4.69, 9.17) is 54.8 Å². The number of aromatic nitrogens is 11. The quantitative estimate of drug-likeness (QED) is 0.103. The first-order valence-electron chi connectivity index (χ1n) is 39.0. The van der Waals surface area contributed by atoms with E-state index in [9.17, 15) is 0 Å². The topological polar surface area (TPSA) is 142 Å². The van der Waals surface area contributed by atoms with Crippen molar-refractivity contribution in [2.24, 2.45) is 0 Å². The standard InChI is InChI=1S/C53H33N5S.C52H32N6S/c1-3-11-34(12-4-1)35-23-29-40(30-24-35)51-56-50(39-13-5-2-6-14-39)57-52(58-51)41-31-25-37(26-32-41)43-16-9-15-42(33-43)36-21-27-38(28-22-36)44-17-10-18-45-48-53(59-49(44)45)55-47-20-8-7-19-46(47)54-48;1-3-10-33(11-4-1)34-20-26-39(27-21-34)50-56-49(38-12-5-2-6-13-38)57-51(58-50)40-28-22-36(23-29-40)42-15-9-14-41(32-42)35-18-24-37(25-19-35)43-30-31-53-46-47-52(59-48(43)46)55-45-17-8-7-16-44(45)54-47/h1-33H;1-32H. The molecule has 15 aromatic carbocycles. The number of rotatable bonds is 14. The van der Waals surface area contributed by atoms with E-state index in [1.807, 2.05) is 128 Å². The Morgan fingerprint density at radius 2 is 0.415 bits per heavy atom. The average molecular weight is 1540 g/mol. The predicted molar refractivity (Wildman–Crippen MR) is 486 cm³/mol. The third kappa shape index (κ3) is 14.0. The molecule has 0 atom stereocenters. The second kappa shape index (κ2) is 30.8. The number of hydrogen-bond acceptors (Lipinski definition) is 13. The Morgan fingerprint density at radius 1 is 0.161 bits per heavy atom. The second-order valence-electron chi connectivity index (χ2n) is 28.9. The summed E-state index contributed by atoms with van der Waals surface area (Å²) in [4.78, 5) is 56.1. The van der Waals surface area contributed by atoms with Gasteiger partial charge in [0.05, 0.1) is 26.8 Å². The Kier molecular flexibility index (Phi) is 18.4. The molecule has 0 spiro atoms. The van der Waals surface area contributed by atoms with Crippen molar-refractivity contribution in [3.63, 3.8) is 0 Å². The van der Waals surface area contributed by atoms with E-state index in [1.165, 1.54) is 27.0 Å². The monoisotopic (exact) mass is 1540 g/mol. The van der Waals surface area contributed by atoms with Gasteiger partial charge >= 0.3 is 0 Å². The van der Waals surface area contributed by atoms with E-state index in [2.05, 4.69) is 267 Å². The first-order valence-corrected chi connectivity index (χ1v) is 40.6. The van der Waals surface area contributed by atoms with E-state index >= 15 is 0 Å². The summed E-state index contributed by atoms with van der Waals surface area (Å²) >= 11 is 3.36. The molecule has 0 fully saturated rings. The van der Waals surface area contributed by atoms with Gasteiger partial charge in [0.1, 0.15) is 26.2 Å². The van der Waals surface area contributed by atoms with E-state index in [0.29, 0.717) is 34.9 Å². The molecule has 0 aliphatic rings. The molecule has 0 radical (unpaired) electrons. The highest BCUT2D eigenvalue weighted by molar-refractivity contribution is 7.26. The van der Waals surface area contributed by atoms with Crippen LogP contribution in [0.2, 0.25) is 0 Å². The Labute approximate surface area is 687 Å². The minimum Gasteiger partial charge on any atom is -0.253 e. The summed E-state index contributed by atoms with van der Waals surface area (Å²) in [6.45, 7) is 0. The van der Waals surface area contributed by atoms with Crippen molar-refractivity contribution < 1.29 is 0 Å². The molecule has 22 rings (SSSR count). The molecule has 0 aliphatic carbocycles. The van der Waals surface area contributed by atoms with Crippen LogP contribution in [0.4, 0.5) is 0 Å². The fourth-order valence-electron chi connectivity index (χ4n) is 15.3. The molecule has 118 heavy (non-hydrogen) atoms. The van der Waals surface area contributed by atoms with Crippen LogP contribution in [0.1, 0.15) is 0 Å². The molecule has 0 amide bonds. The summed E-state index contributed by atoms with van der Waals surface area (Å²) in [5, 5.41) is 1.14. The van der Waals surface area contributed by atoms with Crippen LogP contribution in [0.3, 0.4) is 0 Å². The summed E-state index contributed by atoms with van der Waals surface area (Å²) in [5.41, 5.74) is 30.3. The first-order chi connectivity index (χ1) is 58.4. The molecule has 0 aliphatic heterocycles. The maximum absolute atomic E-state index is 5.00. The van der Waals surface area contributed by atoms with Crippen LogP contribution >= 0.6 is 22.7 Å². The van der Waals surface area contributed by atoms with Crippen molar-refractivity contribution in [2.45, 2.75) is 0 Å². The van der Waals surface area contributed by atoms with Gasteiger partial charge in [-0.1, -0.05) is 346 Å². The number of benzene rings is 15. The molecule has 13 heteroatoms. The van der Waals surface area contributed by atoms with Crippen molar-refractivity contribution >= 4 is 85.7 Å². The summed E-state index contributed by atoms with van der Waals surface area (Å²) in [5.74, 6) is 3.82. The highest BCUT2D eigenvalue weighted by atomic mass is 32.1. The van der Waals surface area contributed by atoms with E-state index in [1.54, 1.807) is 22.7 Å². The zero-order valence-electron chi connectivity index (χ0n) is 63.3. The highest BCUT2D eigenvalue weighted by Crippen LogP contribution is 2.43. The molecular formula is C105H65N11S2. The number of nitrogens with zero attached hydrogens (tertiary/aromatic N) is 11. The summed E-state index contributed by atoms with van der Waals surface area (Å²) in [6.07, 6.45) is 1.87.